The van der Waals surface area contributed by atoms with Crippen LogP contribution in [0.3, 0.4) is 0 Å². The Kier molecular flexibility index (Phi) is 13.8. The molecule has 1 unspecified atom stereocenters. The molecule has 1 aromatic rings. The molecule has 4 nitrogen and oxygen atoms in total. The molecule has 0 aliphatic carbocycles. The Balaban J connectivity index is 0. The molecule has 1 aliphatic heterocycles. The molecule has 7 heteroatoms. The molecule has 0 saturated carbocycles. The monoisotopic (exact) mass is 487 g/mol. The number of nitrogens with one attached hydrogen (secondary N) is 1. The number of ketones is 1. The fourth-order valence-corrected chi connectivity index (χ4v) is 1.67. The van der Waals surface area contributed by atoms with Gasteiger partial charge in [-0.1, -0.05) is 6.92 Å². The van der Waals surface area contributed by atoms with Crippen molar-refractivity contribution in [3.63, 3.8) is 0 Å². The first-order valence-corrected chi connectivity index (χ1v) is 5.22. The van der Waals surface area contributed by atoms with Crippen LogP contribution in [0.4, 0.5) is 0 Å². The Morgan fingerprint density at radius 3 is 2.53 bits per heavy atom. The average Bonchev–Trinajstić information content (AvgIpc) is 2.77. The Morgan fingerprint density at radius 2 is 1.95 bits per heavy atom. The number of benzene rings is 1. The van der Waals surface area contributed by atoms with Crippen molar-refractivity contribution in [3.8, 4) is 11.5 Å². The minimum Gasteiger partial charge on any atom is -0.464 e. The molecule has 0 fully saturated rings. The number of hydrogen-bond donors (Lipinski definition) is 1. The second-order valence-electron chi connectivity index (χ2n) is 3.60. The summed E-state index contributed by atoms with van der Waals surface area (Å²) >= 11 is 0. The van der Waals surface area contributed by atoms with Gasteiger partial charge in [0.25, 0.3) is 0 Å². The molecule has 0 saturated heterocycles. The van der Waals surface area contributed by atoms with Crippen molar-refractivity contribution in [3.05, 3.63) is 30.8 Å². The Bertz CT molecular complexity index is 411. The molecule has 19 heavy (non-hydrogen) atoms. The third-order valence-corrected chi connectivity index (χ3v) is 2.63. The van der Waals surface area contributed by atoms with Gasteiger partial charge in [-0.15, -0.1) is 0 Å². The molecule has 1 aromatic carbocycles. The molecule has 1 heterocycles. The number of rotatable bonds is 4. The molecule has 1 atom stereocenters. The Morgan fingerprint density at radius 1 is 1.32 bits per heavy atom. The third kappa shape index (κ3) is 5.81. The minimum absolute atomic E-state index is 0. The zero-order valence-corrected chi connectivity index (χ0v) is 19.4. The van der Waals surface area contributed by atoms with Crippen molar-refractivity contribution in [2.75, 3.05) is 6.79 Å². The zero-order chi connectivity index (χ0) is 11.5. The van der Waals surface area contributed by atoms with Gasteiger partial charge in [-0.05, 0) is 24.6 Å². The Hall–Kier alpha value is 1.76. The van der Waals surface area contributed by atoms with E-state index in [4.69, 9.17) is 9.47 Å². The topological polar surface area (TPSA) is 47.6 Å². The molecule has 0 bridgehead atoms. The van der Waals surface area contributed by atoms with E-state index in [0.717, 1.165) is 0 Å². The fourth-order valence-electron chi connectivity index (χ4n) is 1.67. The van der Waals surface area contributed by atoms with Gasteiger partial charge in [0.1, 0.15) is 0 Å². The van der Waals surface area contributed by atoms with Gasteiger partial charge in [0.15, 0.2) is 17.3 Å². The summed E-state index contributed by atoms with van der Waals surface area (Å²) in [6.45, 7) is 2.16. The number of hydrogen-bond acceptors (Lipinski definition) is 4. The summed E-state index contributed by atoms with van der Waals surface area (Å²) in [4.78, 5) is 12.0. The maximum atomic E-state index is 12.0. The van der Waals surface area contributed by atoms with Crippen molar-refractivity contribution >= 4 is 5.78 Å². The number of Topliss-reactive ketones (excluding diaryl/α,β-unsaturated/α-hetero) is 1. The van der Waals surface area contributed by atoms with Crippen LogP contribution in [0.2, 0.25) is 0 Å². The largest absolute Gasteiger partial charge is 0.464 e. The summed E-state index contributed by atoms with van der Waals surface area (Å²) in [5.74, 6) is 1.34. The van der Waals surface area contributed by atoms with Crippen molar-refractivity contribution in [2.24, 2.45) is 0 Å². The standard InChI is InChI=1S/C12H14NO3.3Y/c1-3-9(13-2)12(14)8-4-5-10-11(6-8)16-7-15-10;;;/h4-6,9,13H,2-3,7H2,1H3;;;/q-1;;;. The minimum atomic E-state index is -0.250. The van der Waals surface area contributed by atoms with E-state index in [1.807, 2.05) is 6.92 Å². The first-order valence-electron chi connectivity index (χ1n) is 5.22. The van der Waals surface area contributed by atoms with E-state index in [1.165, 1.54) is 0 Å². The van der Waals surface area contributed by atoms with Crippen LogP contribution in [0.25, 0.3) is 0 Å². The smallest absolute Gasteiger partial charge is 0.231 e. The molecule has 0 spiro atoms. The van der Waals surface area contributed by atoms with E-state index in [-0.39, 0.29) is 117 Å². The SMILES string of the molecule is [CH2-]NC(CC)C(=O)c1ccc2c(c1)OCO2.[Y].[Y].[Y]. The molecule has 0 aromatic heterocycles. The quantitative estimate of drug-likeness (QED) is 0.520. The van der Waals surface area contributed by atoms with E-state index in [2.05, 4.69) is 12.4 Å². The third-order valence-electron chi connectivity index (χ3n) is 2.63. The first kappa shape index (κ1) is 23.0. The summed E-state index contributed by atoms with van der Waals surface area (Å²) in [7, 11) is 3.55. The van der Waals surface area contributed by atoms with Crippen LogP contribution in [-0.2, 0) is 98.1 Å². The van der Waals surface area contributed by atoms with Crippen LogP contribution in [0.1, 0.15) is 23.7 Å². The molecule has 1 N–H and O–H groups in total. The number of ether oxygens (including phenoxy) is 2. The van der Waals surface area contributed by atoms with Crippen LogP contribution in [0.5, 0.6) is 11.5 Å². The van der Waals surface area contributed by atoms with Crippen molar-refractivity contribution < 1.29 is 112 Å². The molecule has 95 valence electrons. The molecule has 0 amide bonds. The van der Waals surface area contributed by atoms with Gasteiger partial charge in [0.2, 0.25) is 6.79 Å². The van der Waals surface area contributed by atoms with Gasteiger partial charge in [-0.2, -0.15) is 0 Å². The first-order chi connectivity index (χ1) is 7.76. The average molecular weight is 487 g/mol. The Labute approximate surface area is 189 Å². The van der Waals surface area contributed by atoms with Crippen LogP contribution in [0, 0.1) is 7.05 Å². The van der Waals surface area contributed by atoms with Gasteiger partial charge >= 0.3 is 0 Å². The summed E-state index contributed by atoms with van der Waals surface area (Å²) in [6.07, 6.45) is 0.705. The van der Waals surface area contributed by atoms with Crippen LogP contribution >= 0.6 is 0 Å². The van der Waals surface area contributed by atoms with Gasteiger partial charge in [-0.25, -0.2) is 0 Å². The molecule has 2 rings (SSSR count). The summed E-state index contributed by atoms with van der Waals surface area (Å²) < 4.78 is 10.4. The van der Waals surface area contributed by atoms with Crippen LogP contribution < -0.4 is 14.8 Å². The predicted octanol–water partition coefficient (Wildman–Crippen LogP) is 1.75. The number of fused-ring (bicyclic) bond motifs is 1. The van der Waals surface area contributed by atoms with E-state index in [0.29, 0.717) is 23.5 Å². The van der Waals surface area contributed by atoms with E-state index >= 15 is 0 Å². The van der Waals surface area contributed by atoms with Crippen molar-refractivity contribution in [1.29, 1.82) is 0 Å². The second kappa shape index (κ2) is 11.3. The van der Waals surface area contributed by atoms with E-state index in [1.54, 1.807) is 18.2 Å². The molecule has 3 radical (unpaired) electrons. The molecular weight excluding hydrogens is 473 g/mol. The van der Waals surface area contributed by atoms with Gasteiger partial charge in [-0.3, -0.25) is 11.8 Å². The number of carbonyl (C=O) groups is 1. The van der Waals surface area contributed by atoms with Gasteiger partial charge in [0.05, 0.1) is 0 Å². The summed E-state index contributed by atoms with van der Waals surface area (Å²) in [5.41, 5.74) is 0.618. The maximum Gasteiger partial charge on any atom is 0.231 e. The second-order valence-corrected chi connectivity index (χ2v) is 3.60. The number of carbonyl (C=O) groups excluding carboxylic acids is 1. The molecule has 1 aliphatic rings. The maximum absolute atomic E-state index is 12.0. The zero-order valence-electron chi connectivity index (χ0n) is 10.9. The fraction of sp³-hybridized carbons (Fsp3) is 0.333. The normalized spacial score (nSPS) is 12.5. The van der Waals surface area contributed by atoms with Gasteiger partial charge in [0, 0.05) is 110 Å². The van der Waals surface area contributed by atoms with Crippen LogP contribution in [0.15, 0.2) is 18.2 Å². The van der Waals surface area contributed by atoms with Crippen molar-refractivity contribution in [1.82, 2.24) is 5.32 Å². The van der Waals surface area contributed by atoms with Crippen LogP contribution in [-0.4, -0.2) is 18.6 Å². The summed E-state index contributed by atoms with van der Waals surface area (Å²) in [6, 6.07) is 4.96. The molecular formula is C12H14NO3Y3-. The van der Waals surface area contributed by atoms with Crippen molar-refractivity contribution in [2.45, 2.75) is 19.4 Å². The van der Waals surface area contributed by atoms with E-state index in [9.17, 15) is 4.79 Å². The summed E-state index contributed by atoms with van der Waals surface area (Å²) in [5, 5.41) is 2.75. The van der Waals surface area contributed by atoms with Gasteiger partial charge < -0.3 is 14.8 Å². The van der Waals surface area contributed by atoms with E-state index < -0.39 is 0 Å². The predicted molar refractivity (Wildman–Crippen MR) is 59.5 cm³/mol.